The molecule has 0 amide bonds. The van der Waals surface area contributed by atoms with Crippen LogP contribution in [0.3, 0.4) is 0 Å². The minimum Gasteiger partial charge on any atom is -0.309 e. The Morgan fingerprint density at radius 3 is 2.78 bits per heavy atom. The molecule has 1 aromatic carbocycles. The summed E-state index contributed by atoms with van der Waals surface area (Å²) in [6.07, 6.45) is 3.86. The first-order valence-electron chi connectivity index (χ1n) is 5.81. The van der Waals surface area contributed by atoms with Crippen LogP contribution in [0.25, 0.3) is 0 Å². The van der Waals surface area contributed by atoms with E-state index >= 15 is 0 Å². The monoisotopic (exact) mass is 283 g/mol. The summed E-state index contributed by atoms with van der Waals surface area (Å²) in [5, 5.41) is 8.68. The predicted octanol–water partition coefficient (Wildman–Crippen LogP) is 3.52. The van der Waals surface area contributed by atoms with Gasteiger partial charge in [0, 0.05) is 18.3 Å². The predicted molar refractivity (Wildman–Crippen MR) is 75.3 cm³/mol. The maximum absolute atomic E-state index is 6.26. The number of aryl methyl sites for hydroxylation is 1. The fraction of sp³-hybridized carbons (Fsp3) is 0.308. The fourth-order valence-corrected chi connectivity index (χ4v) is 2.36. The maximum Gasteiger partial charge on any atom is 0.0643 e. The normalized spacial score (nSPS) is 12.7. The van der Waals surface area contributed by atoms with Crippen LogP contribution in [0.2, 0.25) is 10.0 Å². The smallest absolute Gasteiger partial charge is 0.0643 e. The molecule has 0 saturated heterocycles. The van der Waals surface area contributed by atoms with Crippen LogP contribution >= 0.6 is 23.2 Å². The van der Waals surface area contributed by atoms with Crippen molar-refractivity contribution in [2.75, 3.05) is 7.05 Å². The number of hydrogen-bond acceptors (Lipinski definition) is 2. The summed E-state index contributed by atoms with van der Waals surface area (Å²) in [6.45, 7) is 2.90. The number of nitrogens with one attached hydrogen (secondary N) is 1. The second-order valence-corrected chi connectivity index (χ2v) is 4.78. The molecule has 0 bridgehead atoms. The summed E-state index contributed by atoms with van der Waals surface area (Å²) in [5.74, 6) is 0. The average Bonchev–Trinajstić information content (AvgIpc) is 2.84. The molecule has 1 atom stereocenters. The van der Waals surface area contributed by atoms with Crippen molar-refractivity contribution in [3.63, 3.8) is 0 Å². The van der Waals surface area contributed by atoms with E-state index in [9.17, 15) is 0 Å². The van der Waals surface area contributed by atoms with Gasteiger partial charge in [0.15, 0.2) is 0 Å². The average molecular weight is 284 g/mol. The molecule has 2 aromatic rings. The summed E-state index contributed by atoms with van der Waals surface area (Å²) in [6, 6.07) is 5.66. The Bertz CT molecular complexity index is 537. The van der Waals surface area contributed by atoms with Gasteiger partial charge < -0.3 is 5.32 Å². The molecule has 0 aliphatic rings. The van der Waals surface area contributed by atoms with Crippen LogP contribution in [0.1, 0.15) is 24.1 Å². The van der Waals surface area contributed by atoms with Gasteiger partial charge in [-0.3, -0.25) is 4.68 Å². The molecule has 1 N–H and O–H groups in total. The molecule has 3 nitrogen and oxygen atoms in total. The topological polar surface area (TPSA) is 29.9 Å². The number of halogens is 2. The Balaban J connectivity index is 2.41. The van der Waals surface area contributed by atoms with Gasteiger partial charge in [0.2, 0.25) is 0 Å². The van der Waals surface area contributed by atoms with Crippen molar-refractivity contribution in [2.45, 2.75) is 19.5 Å². The van der Waals surface area contributed by atoms with Crippen molar-refractivity contribution in [3.8, 4) is 0 Å². The Labute approximate surface area is 117 Å². The van der Waals surface area contributed by atoms with Crippen molar-refractivity contribution in [1.82, 2.24) is 15.1 Å². The van der Waals surface area contributed by atoms with E-state index in [4.69, 9.17) is 23.2 Å². The molecule has 0 aliphatic carbocycles. The van der Waals surface area contributed by atoms with Gasteiger partial charge >= 0.3 is 0 Å². The SMILES string of the molecule is CCn1cc(C(NC)c2cccc(Cl)c2Cl)cn1. The van der Waals surface area contributed by atoms with Gasteiger partial charge in [-0.25, -0.2) is 0 Å². The molecule has 0 saturated carbocycles. The zero-order chi connectivity index (χ0) is 13.1. The van der Waals surface area contributed by atoms with Crippen LogP contribution in [-0.4, -0.2) is 16.8 Å². The minimum atomic E-state index is -0.00324. The summed E-state index contributed by atoms with van der Waals surface area (Å²) >= 11 is 12.3. The largest absolute Gasteiger partial charge is 0.309 e. The molecule has 0 spiro atoms. The van der Waals surface area contributed by atoms with Crippen LogP contribution in [0.15, 0.2) is 30.6 Å². The van der Waals surface area contributed by atoms with E-state index in [0.29, 0.717) is 10.0 Å². The van der Waals surface area contributed by atoms with Gasteiger partial charge in [-0.15, -0.1) is 0 Å². The highest BCUT2D eigenvalue weighted by molar-refractivity contribution is 6.42. The van der Waals surface area contributed by atoms with Crippen LogP contribution in [0.4, 0.5) is 0 Å². The van der Waals surface area contributed by atoms with E-state index in [0.717, 1.165) is 17.7 Å². The molecule has 1 heterocycles. The van der Waals surface area contributed by atoms with Gasteiger partial charge in [-0.05, 0) is 25.6 Å². The van der Waals surface area contributed by atoms with E-state index in [1.54, 1.807) is 6.07 Å². The first-order valence-corrected chi connectivity index (χ1v) is 6.56. The third-order valence-corrected chi connectivity index (χ3v) is 3.73. The summed E-state index contributed by atoms with van der Waals surface area (Å²) in [5.41, 5.74) is 2.03. The lowest BCUT2D eigenvalue weighted by atomic mass is 10.0. The molecule has 2 rings (SSSR count). The lowest BCUT2D eigenvalue weighted by Gasteiger charge is -2.17. The van der Waals surface area contributed by atoms with Crippen LogP contribution in [-0.2, 0) is 6.54 Å². The number of aromatic nitrogens is 2. The molecule has 5 heteroatoms. The number of hydrogen-bond donors (Lipinski definition) is 1. The molecular weight excluding hydrogens is 269 g/mol. The Morgan fingerprint density at radius 2 is 2.17 bits per heavy atom. The highest BCUT2D eigenvalue weighted by Crippen LogP contribution is 2.32. The lowest BCUT2D eigenvalue weighted by molar-refractivity contribution is 0.653. The molecule has 1 aromatic heterocycles. The van der Waals surface area contributed by atoms with Gasteiger partial charge in [-0.1, -0.05) is 35.3 Å². The van der Waals surface area contributed by atoms with E-state index in [1.807, 2.05) is 36.3 Å². The zero-order valence-electron chi connectivity index (χ0n) is 10.3. The molecule has 18 heavy (non-hydrogen) atoms. The van der Waals surface area contributed by atoms with E-state index < -0.39 is 0 Å². The van der Waals surface area contributed by atoms with E-state index in [2.05, 4.69) is 17.3 Å². The zero-order valence-corrected chi connectivity index (χ0v) is 11.8. The Hall–Kier alpha value is -1.03. The quantitative estimate of drug-likeness (QED) is 0.931. The number of benzene rings is 1. The molecule has 1 unspecified atom stereocenters. The van der Waals surface area contributed by atoms with Gasteiger partial charge in [0.05, 0.1) is 22.3 Å². The third-order valence-electron chi connectivity index (χ3n) is 2.89. The first kappa shape index (κ1) is 13.4. The molecule has 0 fully saturated rings. The highest BCUT2D eigenvalue weighted by Gasteiger charge is 2.18. The van der Waals surface area contributed by atoms with Crippen LogP contribution < -0.4 is 5.32 Å². The van der Waals surface area contributed by atoms with Gasteiger partial charge in [-0.2, -0.15) is 5.10 Å². The van der Waals surface area contributed by atoms with Crippen molar-refractivity contribution in [3.05, 3.63) is 51.8 Å². The minimum absolute atomic E-state index is 0.00324. The van der Waals surface area contributed by atoms with Crippen molar-refractivity contribution >= 4 is 23.2 Å². The summed E-state index contributed by atoms with van der Waals surface area (Å²) < 4.78 is 1.89. The second kappa shape index (κ2) is 5.74. The fourth-order valence-electron chi connectivity index (χ4n) is 1.95. The van der Waals surface area contributed by atoms with Crippen LogP contribution in [0.5, 0.6) is 0 Å². The van der Waals surface area contributed by atoms with E-state index in [-0.39, 0.29) is 6.04 Å². The third kappa shape index (κ3) is 2.53. The first-order chi connectivity index (χ1) is 8.67. The summed E-state index contributed by atoms with van der Waals surface area (Å²) in [7, 11) is 1.89. The van der Waals surface area contributed by atoms with Crippen LogP contribution in [0, 0.1) is 0 Å². The standard InChI is InChI=1S/C13H15Cl2N3/c1-3-18-8-9(7-17-18)13(16-2)10-5-4-6-11(14)12(10)15/h4-8,13,16H,3H2,1-2H3. The van der Waals surface area contributed by atoms with E-state index in [1.165, 1.54) is 0 Å². The van der Waals surface area contributed by atoms with Crippen molar-refractivity contribution in [2.24, 2.45) is 0 Å². The number of rotatable bonds is 4. The lowest BCUT2D eigenvalue weighted by Crippen LogP contribution is -2.17. The van der Waals surface area contributed by atoms with Crippen molar-refractivity contribution < 1.29 is 0 Å². The van der Waals surface area contributed by atoms with Gasteiger partial charge in [0.1, 0.15) is 0 Å². The Kier molecular flexibility index (Phi) is 4.27. The maximum atomic E-state index is 6.26. The molecule has 0 radical (unpaired) electrons. The van der Waals surface area contributed by atoms with Gasteiger partial charge in [0.25, 0.3) is 0 Å². The highest BCUT2D eigenvalue weighted by atomic mass is 35.5. The molecule has 0 aliphatic heterocycles. The summed E-state index contributed by atoms with van der Waals surface area (Å²) in [4.78, 5) is 0. The molecular formula is C13H15Cl2N3. The Morgan fingerprint density at radius 1 is 1.39 bits per heavy atom. The molecule has 96 valence electrons. The van der Waals surface area contributed by atoms with Crippen molar-refractivity contribution in [1.29, 1.82) is 0 Å². The number of nitrogens with zero attached hydrogens (tertiary/aromatic N) is 2. The second-order valence-electron chi connectivity index (χ2n) is 3.99.